The summed E-state index contributed by atoms with van der Waals surface area (Å²) in [5.41, 5.74) is 6.05. The number of aromatic nitrogens is 2. The summed E-state index contributed by atoms with van der Waals surface area (Å²) in [6, 6.07) is 20.2. The Morgan fingerprint density at radius 3 is 0.900 bits per heavy atom. The minimum atomic E-state index is 0.574. The van der Waals surface area contributed by atoms with E-state index in [0.29, 0.717) is 12.1 Å². The smallest absolute Gasteiger partial charge is 0.0756 e. The summed E-state index contributed by atoms with van der Waals surface area (Å²) < 4.78 is 5.77. The Hall–Kier alpha value is -2.22. The summed E-state index contributed by atoms with van der Waals surface area (Å²) in [5, 5.41) is 2.98. The molecule has 280 valence electrons. The van der Waals surface area contributed by atoms with Crippen LogP contribution in [0.25, 0.3) is 32.8 Å². The van der Waals surface area contributed by atoms with Gasteiger partial charge in [0.25, 0.3) is 0 Å². The number of para-hydroxylation sites is 2. The van der Waals surface area contributed by atoms with E-state index in [0.717, 1.165) is 0 Å². The normalized spacial score (nSPS) is 12.2. The van der Waals surface area contributed by atoms with E-state index in [1.54, 1.807) is 11.0 Å². The van der Waals surface area contributed by atoms with E-state index in [-0.39, 0.29) is 0 Å². The van der Waals surface area contributed by atoms with Crippen molar-refractivity contribution in [2.24, 2.45) is 0 Å². The predicted molar refractivity (Wildman–Crippen MR) is 225 cm³/mol. The molecule has 2 heteroatoms. The van der Waals surface area contributed by atoms with Gasteiger partial charge in [-0.05, 0) is 37.8 Å². The van der Waals surface area contributed by atoms with Gasteiger partial charge in [0, 0.05) is 22.9 Å². The minimum Gasteiger partial charge on any atom is -0.336 e. The first kappa shape index (κ1) is 40.5. The highest BCUT2D eigenvalue weighted by molar-refractivity contribution is 6.18. The van der Waals surface area contributed by atoms with Crippen molar-refractivity contribution in [1.29, 1.82) is 0 Å². The standard InChI is InChI=1S/C48H78N2/c1-5-9-13-17-21-25-33-41(34-26-22-18-14-10-6-2)49-45-39-31-29-37-43(45)48-47(49)44-38-30-32-40-46(44)50(48)42(35-27-23-19-15-11-7-3)36-28-24-20-16-12-8-4/h29-32,37-42H,5-28,33-36H2,1-4H3. The number of unbranched alkanes of at least 4 members (excludes halogenated alkanes) is 20. The summed E-state index contributed by atoms with van der Waals surface area (Å²) in [4.78, 5) is 0. The van der Waals surface area contributed by atoms with Crippen molar-refractivity contribution in [1.82, 2.24) is 9.13 Å². The van der Waals surface area contributed by atoms with Crippen LogP contribution in [0.5, 0.6) is 0 Å². The van der Waals surface area contributed by atoms with Crippen LogP contribution in [0.15, 0.2) is 48.5 Å². The molecule has 0 saturated heterocycles. The number of nitrogens with zero attached hydrogens (tertiary/aromatic N) is 2. The molecule has 4 rings (SSSR count). The molecule has 2 heterocycles. The molecule has 0 bridgehead atoms. The van der Waals surface area contributed by atoms with Gasteiger partial charge in [0.2, 0.25) is 0 Å². The Labute approximate surface area is 309 Å². The van der Waals surface area contributed by atoms with Crippen molar-refractivity contribution >= 4 is 32.8 Å². The van der Waals surface area contributed by atoms with Crippen LogP contribution >= 0.6 is 0 Å². The Kier molecular flexibility index (Phi) is 19.5. The quantitative estimate of drug-likeness (QED) is 0.0485. The highest BCUT2D eigenvalue weighted by Crippen LogP contribution is 2.44. The van der Waals surface area contributed by atoms with Crippen molar-refractivity contribution in [3.63, 3.8) is 0 Å². The van der Waals surface area contributed by atoms with Crippen LogP contribution in [0.2, 0.25) is 0 Å². The molecule has 0 aliphatic heterocycles. The molecule has 0 aliphatic carbocycles. The third kappa shape index (κ3) is 11.9. The first-order valence-corrected chi connectivity index (χ1v) is 22.3. The van der Waals surface area contributed by atoms with Crippen molar-refractivity contribution < 1.29 is 0 Å². The molecular formula is C48H78N2. The molecule has 0 spiro atoms. The van der Waals surface area contributed by atoms with Gasteiger partial charge in [0.15, 0.2) is 0 Å². The third-order valence-corrected chi connectivity index (χ3v) is 11.8. The lowest BCUT2D eigenvalue weighted by Crippen LogP contribution is -2.09. The van der Waals surface area contributed by atoms with Crippen LogP contribution in [-0.4, -0.2) is 9.13 Å². The number of fused-ring (bicyclic) bond motifs is 5. The molecular weight excluding hydrogens is 605 g/mol. The molecule has 0 unspecified atom stereocenters. The summed E-state index contributed by atoms with van der Waals surface area (Å²) in [7, 11) is 0. The molecule has 0 aliphatic rings. The lowest BCUT2D eigenvalue weighted by molar-refractivity contribution is 0.407. The molecule has 50 heavy (non-hydrogen) atoms. The lowest BCUT2D eigenvalue weighted by Gasteiger charge is -2.22. The summed E-state index contributed by atoms with van der Waals surface area (Å²) in [5.74, 6) is 0. The SMILES string of the molecule is CCCCCCCCC(CCCCCCCC)n1c2ccccc2c2c1c1ccccc1n2C(CCCCCCCC)CCCCCCCC. The fourth-order valence-corrected chi connectivity index (χ4v) is 8.96. The molecule has 2 nitrogen and oxygen atoms in total. The van der Waals surface area contributed by atoms with Gasteiger partial charge in [-0.25, -0.2) is 0 Å². The second kappa shape index (κ2) is 24.1. The van der Waals surface area contributed by atoms with Gasteiger partial charge < -0.3 is 9.13 Å². The predicted octanol–water partition coefficient (Wildman–Crippen LogP) is 16.8. The zero-order valence-electron chi connectivity index (χ0n) is 33.5. The van der Waals surface area contributed by atoms with E-state index >= 15 is 0 Å². The van der Waals surface area contributed by atoms with E-state index in [1.165, 1.54) is 202 Å². The van der Waals surface area contributed by atoms with Crippen LogP contribution in [-0.2, 0) is 0 Å². The maximum absolute atomic E-state index is 2.88. The molecule has 0 fully saturated rings. The van der Waals surface area contributed by atoms with Gasteiger partial charge in [0.1, 0.15) is 0 Å². The summed E-state index contributed by atoms with van der Waals surface area (Å²) in [6.07, 6.45) is 38.3. The zero-order valence-corrected chi connectivity index (χ0v) is 33.5. The van der Waals surface area contributed by atoms with Crippen molar-refractivity contribution in [2.75, 3.05) is 0 Å². The van der Waals surface area contributed by atoms with Crippen LogP contribution < -0.4 is 0 Å². The second-order valence-electron chi connectivity index (χ2n) is 16.0. The summed E-state index contributed by atoms with van der Waals surface area (Å²) >= 11 is 0. The van der Waals surface area contributed by atoms with Gasteiger partial charge >= 0.3 is 0 Å². The largest absolute Gasteiger partial charge is 0.336 e. The van der Waals surface area contributed by atoms with Crippen molar-refractivity contribution in [3.8, 4) is 0 Å². The molecule has 2 aromatic carbocycles. The highest BCUT2D eigenvalue weighted by atomic mass is 15.1. The van der Waals surface area contributed by atoms with Crippen LogP contribution in [0.3, 0.4) is 0 Å². The number of benzene rings is 2. The number of rotatable bonds is 30. The maximum atomic E-state index is 2.88. The average molecular weight is 683 g/mol. The van der Waals surface area contributed by atoms with Gasteiger partial charge in [-0.3, -0.25) is 0 Å². The lowest BCUT2D eigenvalue weighted by atomic mass is 9.99. The molecule has 0 saturated carbocycles. The van der Waals surface area contributed by atoms with E-state index in [4.69, 9.17) is 0 Å². The first-order chi connectivity index (χ1) is 24.8. The minimum absolute atomic E-state index is 0.574. The van der Waals surface area contributed by atoms with Gasteiger partial charge in [-0.15, -0.1) is 0 Å². The average Bonchev–Trinajstić information content (AvgIpc) is 3.65. The monoisotopic (exact) mass is 683 g/mol. The Balaban J connectivity index is 1.72. The number of hydrogen-bond donors (Lipinski definition) is 0. The topological polar surface area (TPSA) is 9.86 Å². The van der Waals surface area contributed by atoms with Gasteiger partial charge in [-0.1, -0.05) is 218 Å². The highest BCUT2D eigenvalue weighted by Gasteiger charge is 2.26. The summed E-state index contributed by atoms with van der Waals surface area (Å²) in [6.45, 7) is 9.34. The zero-order chi connectivity index (χ0) is 35.2. The first-order valence-electron chi connectivity index (χ1n) is 22.3. The molecule has 0 N–H and O–H groups in total. The van der Waals surface area contributed by atoms with Crippen molar-refractivity contribution in [2.45, 2.75) is 220 Å². The fraction of sp³-hybridized carbons (Fsp3) is 0.708. The molecule has 0 radical (unpaired) electrons. The molecule has 0 amide bonds. The Morgan fingerprint density at radius 2 is 0.600 bits per heavy atom. The van der Waals surface area contributed by atoms with Crippen LogP contribution in [0.4, 0.5) is 0 Å². The van der Waals surface area contributed by atoms with Crippen molar-refractivity contribution in [3.05, 3.63) is 48.5 Å². The van der Waals surface area contributed by atoms with Gasteiger partial charge in [-0.2, -0.15) is 0 Å². The van der Waals surface area contributed by atoms with E-state index < -0.39 is 0 Å². The van der Waals surface area contributed by atoms with E-state index in [9.17, 15) is 0 Å². The Morgan fingerprint density at radius 1 is 0.340 bits per heavy atom. The van der Waals surface area contributed by atoms with E-state index in [2.05, 4.69) is 85.4 Å². The molecule has 0 atom stereocenters. The maximum Gasteiger partial charge on any atom is 0.0756 e. The fourth-order valence-electron chi connectivity index (χ4n) is 8.96. The molecule has 2 aromatic heterocycles. The number of hydrogen-bond acceptors (Lipinski definition) is 0. The van der Waals surface area contributed by atoms with Gasteiger partial charge in [0.05, 0.1) is 22.1 Å². The van der Waals surface area contributed by atoms with E-state index in [1.807, 2.05) is 0 Å². The molecule has 4 aromatic rings. The Bertz CT molecular complexity index is 1300. The van der Waals surface area contributed by atoms with Crippen LogP contribution in [0, 0.1) is 0 Å². The van der Waals surface area contributed by atoms with Crippen LogP contribution in [0.1, 0.15) is 220 Å². The third-order valence-electron chi connectivity index (χ3n) is 11.8. The second-order valence-corrected chi connectivity index (χ2v) is 16.0.